The predicted octanol–water partition coefficient (Wildman–Crippen LogP) is 3.70. The van der Waals surface area contributed by atoms with E-state index in [1.807, 2.05) is 30.3 Å². The van der Waals surface area contributed by atoms with Gasteiger partial charge in [-0.15, -0.1) is 0 Å². The van der Waals surface area contributed by atoms with Gasteiger partial charge in [0, 0.05) is 18.1 Å². The Kier molecular flexibility index (Phi) is 9.36. The molecular weight excluding hydrogens is 473 g/mol. The lowest BCUT2D eigenvalue weighted by Gasteiger charge is -2.33. The van der Waals surface area contributed by atoms with Crippen LogP contribution in [0.25, 0.3) is 0 Å². The van der Waals surface area contributed by atoms with E-state index >= 15 is 0 Å². The number of hydrogen-bond acceptors (Lipinski definition) is 4. The van der Waals surface area contributed by atoms with Gasteiger partial charge < -0.3 is 10.2 Å². The number of likely N-dealkylation sites (N-methyl/N-ethyl adjacent to an activating group) is 1. The number of carbonyl (C=O) groups is 2. The maximum Gasteiger partial charge on any atom is 0.244 e. The summed E-state index contributed by atoms with van der Waals surface area (Å²) in [4.78, 5) is 27.5. The molecule has 0 fully saturated rings. The van der Waals surface area contributed by atoms with Crippen molar-refractivity contribution >= 4 is 50.7 Å². The molecule has 1 atom stereocenters. The minimum Gasteiger partial charge on any atom is -0.355 e. The number of carbonyl (C=O) groups excluding carboxylic acids is 2. The van der Waals surface area contributed by atoms with Crippen LogP contribution in [-0.2, 0) is 26.2 Å². The van der Waals surface area contributed by atoms with Crippen LogP contribution >= 0.6 is 23.2 Å². The lowest BCUT2D eigenvalue weighted by atomic mass is 10.1. The van der Waals surface area contributed by atoms with Gasteiger partial charge in [-0.05, 0) is 37.1 Å². The topological polar surface area (TPSA) is 86.8 Å². The molecule has 2 aromatic rings. The Labute approximate surface area is 199 Å². The van der Waals surface area contributed by atoms with Crippen molar-refractivity contribution in [2.45, 2.75) is 32.9 Å². The number of amides is 2. The fourth-order valence-electron chi connectivity index (χ4n) is 3.26. The molecule has 174 valence electrons. The van der Waals surface area contributed by atoms with Gasteiger partial charge >= 0.3 is 0 Å². The van der Waals surface area contributed by atoms with Crippen LogP contribution < -0.4 is 9.62 Å². The van der Waals surface area contributed by atoms with Gasteiger partial charge in [0.2, 0.25) is 21.8 Å². The number of anilines is 1. The molecule has 10 heteroatoms. The molecule has 0 aliphatic carbocycles. The number of sulfonamides is 1. The second-order valence-electron chi connectivity index (χ2n) is 7.19. The summed E-state index contributed by atoms with van der Waals surface area (Å²) in [5.41, 5.74) is 0.913. The van der Waals surface area contributed by atoms with E-state index in [2.05, 4.69) is 5.32 Å². The molecule has 0 saturated heterocycles. The van der Waals surface area contributed by atoms with E-state index in [0.717, 1.165) is 16.1 Å². The Balaban J connectivity index is 2.45. The molecule has 0 aromatic heterocycles. The monoisotopic (exact) mass is 499 g/mol. The van der Waals surface area contributed by atoms with Gasteiger partial charge in [0.1, 0.15) is 12.6 Å². The minimum atomic E-state index is -3.88. The van der Waals surface area contributed by atoms with Crippen molar-refractivity contribution in [3.8, 4) is 0 Å². The SMILES string of the molecule is CCNC(=O)[C@@H](CC)N(Cc1ccccc1)C(=O)CN(c1cc(Cl)ccc1Cl)S(C)(=O)=O. The van der Waals surface area contributed by atoms with Gasteiger partial charge in [-0.25, -0.2) is 8.42 Å². The molecule has 2 aromatic carbocycles. The van der Waals surface area contributed by atoms with E-state index < -0.39 is 28.5 Å². The van der Waals surface area contributed by atoms with E-state index in [-0.39, 0.29) is 28.2 Å². The fraction of sp³-hybridized carbons (Fsp3) is 0.364. The van der Waals surface area contributed by atoms with Crippen LogP contribution in [-0.4, -0.2) is 50.5 Å². The molecule has 2 amide bonds. The average molecular weight is 500 g/mol. The van der Waals surface area contributed by atoms with Crippen molar-refractivity contribution in [1.82, 2.24) is 10.2 Å². The Bertz CT molecular complexity index is 1050. The van der Waals surface area contributed by atoms with E-state index in [1.165, 1.54) is 23.1 Å². The first-order valence-corrected chi connectivity index (χ1v) is 12.7. The first-order valence-electron chi connectivity index (χ1n) is 10.1. The summed E-state index contributed by atoms with van der Waals surface area (Å²) < 4.78 is 26.0. The molecule has 32 heavy (non-hydrogen) atoms. The quantitative estimate of drug-likeness (QED) is 0.539. The highest BCUT2D eigenvalue weighted by Gasteiger charge is 2.32. The molecule has 2 rings (SSSR count). The molecule has 0 saturated carbocycles. The minimum absolute atomic E-state index is 0.0979. The lowest BCUT2D eigenvalue weighted by molar-refractivity contribution is -0.140. The standard InChI is InChI=1S/C22H27Cl2N3O4S/c1-4-19(22(29)25-5-2)26(14-16-9-7-6-8-10-16)21(28)15-27(32(3,30)31)20-13-17(23)11-12-18(20)24/h6-13,19H,4-5,14-15H2,1-3H3,(H,25,29)/t19-/m1/s1. The summed E-state index contributed by atoms with van der Waals surface area (Å²) >= 11 is 12.3. The van der Waals surface area contributed by atoms with E-state index in [0.29, 0.717) is 13.0 Å². The highest BCUT2D eigenvalue weighted by molar-refractivity contribution is 7.92. The third-order valence-corrected chi connectivity index (χ3v) is 6.47. The van der Waals surface area contributed by atoms with Crippen LogP contribution in [0.15, 0.2) is 48.5 Å². The first-order chi connectivity index (χ1) is 15.1. The van der Waals surface area contributed by atoms with Gasteiger partial charge in [-0.2, -0.15) is 0 Å². The maximum atomic E-state index is 13.4. The summed E-state index contributed by atoms with van der Waals surface area (Å²) in [6, 6.07) is 12.8. The molecule has 0 aliphatic rings. The largest absolute Gasteiger partial charge is 0.355 e. The number of halogens is 2. The second-order valence-corrected chi connectivity index (χ2v) is 9.94. The van der Waals surface area contributed by atoms with E-state index in [1.54, 1.807) is 13.8 Å². The van der Waals surface area contributed by atoms with Crippen molar-refractivity contribution in [2.24, 2.45) is 0 Å². The summed E-state index contributed by atoms with van der Waals surface area (Å²) in [6.07, 6.45) is 1.35. The summed E-state index contributed by atoms with van der Waals surface area (Å²) in [6.45, 7) is 3.63. The molecular formula is C22H27Cl2N3O4S. The van der Waals surface area contributed by atoms with Crippen molar-refractivity contribution < 1.29 is 18.0 Å². The van der Waals surface area contributed by atoms with Crippen LogP contribution in [0.4, 0.5) is 5.69 Å². The molecule has 0 heterocycles. The van der Waals surface area contributed by atoms with Crippen LogP contribution in [0.2, 0.25) is 10.0 Å². The van der Waals surface area contributed by atoms with E-state index in [9.17, 15) is 18.0 Å². The molecule has 0 radical (unpaired) electrons. The van der Waals surface area contributed by atoms with Crippen LogP contribution in [0.5, 0.6) is 0 Å². The summed E-state index contributed by atoms with van der Waals surface area (Å²) in [5, 5.41) is 3.16. The fourth-order valence-corrected chi connectivity index (χ4v) is 4.55. The smallest absolute Gasteiger partial charge is 0.244 e. The number of rotatable bonds is 10. The average Bonchev–Trinajstić information content (AvgIpc) is 2.73. The van der Waals surface area contributed by atoms with Gasteiger partial charge in [-0.3, -0.25) is 13.9 Å². The second kappa shape index (κ2) is 11.5. The number of benzene rings is 2. The number of nitrogens with zero attached hydrogens (tertiary/aromatic N) is 2. The Morgan fingerprint density at radius 2 is 1.72 bits per heavy atom. The highest BCUT2D eigenvalue weighted by Crippen LogP contribution is 2.31. The van der Waals surface area contributed by atoms with Crippen molar-refractivity contribution in [2.75, 3.05) is 23.7 Å². The molecule has 7 nitrogen and oxygen atoms in total. The number of nitrogens with one attached hydrogen (secondary N) is 1. The number of hydrogen-bond donors (Lipinski definition) is 1. The maximum absolute atomic E-state index is 13.4. The zero-order valence-electron chi connectivity index (χ0n) is 18.2. The highest BCUT2D eigenvalue weighted by atomic mass is 35.5. The first kappa shape index (κ1) is 26.0. The van der Waals surface area contributed by atoms with Crippen molar-refractivity contribution in [3.63, 3.8) is 0 Å². The van der Waals surface area contributed by atoms with Gasteiger partial charge in [0.25, 0.3) is 0 Å². The zero-order valence-corrected chi connectivity index (χ0v) is 20.5. The normalized spacial score (nSPS) is 12.2. The Morgan fingerprint density at radius 3 is 2.28 bits per heavy atom. The third kappa shape index (κ3) is 6.85. The van der Waals surface area contributed by atoms with Crippen molar-refractivity contribution in [3.05, 3.63) is 64.1 Å². The summed E-state index contributed by atoms with van der Waals surface area (Å²) in [7, 11) is -3.88. The van der Waals surface area contributed by atoms with Gasteiger partial charge in [-0.1, -0.05) is 60.5 Å². The van der Waals surface area contributed by atoms with Crippen LogP contribution in [0.1, 0.15) is 25.8 Å². The van der Waals surface area contributed by atoms with Gasteiger partial charge in [0.05, 0.1) is 17.0 Å². The molecule has 0 unspecified atom stereocenters. The molecule has 0 spiro atoms. The predicted molar refractivity (Wildman–Crippen MR) is 128 cm³/mol. The third-order valence-electron chi connectivity index (χ3n) is 4.79. The lowest BCUT2D eigenvalue weighted by Crippen LogP contribution is -2.52. The van der Waals surface area contributed by atoms with Crippen LogP contribution in [0, 0.1) is 0 Å². The van der Waals surface area contributed by atoms with Crippen molar-refractivity contribution in [1.29, 1.82) is 0 Å². The molecule has 0 aliphatic heterocycles. The molecule has 1 N–H and O–H groups in total. The zero-order chi connectivity index (χ0) is 23.9. The van der Waals surface area contributed by atoms with E-state index in [4.69, 9.17) is 23.2 Å². The summed E-state index contributed by atoms with van der Waals surface area (Å²) in [5.74, 6) is -0.834. The van der Waals surface area contributed by atoms with Crippen LogP contribution in [0.3, 0.4) is 0 Å². The Morgan fingerprint density at radius 1 is 1.06 bits per heavy atom. The molecule has 0 bridgehead atoms. The Hall–Kier alpha value is -2.29. The van der Waals surface area contributed by atoms with Gasteiger partial charge in [0.15, 0.2) is 0 Å².